The summed E-state index contributed by atoms with van der Waals surface area (Å²) in [6, 6.07) is -0.457. The summed E-state index contributed by atoms with van der Waals surface area (Å²) in [7, 11) is 0. The summed E-state index contributed by atoms with van der Waals surface area (Å²) < 4.78 is 5.26. The van der Waals surface area contributed by atoms with Crippen molar-refractivity contribution < 1.29 is 23.9 Å². The fourth-order valence-corrected chi connectivity index (χ4v) is 5.81. The molecule has 0 unspecified atom stereocenters. The Labute approximate surface area is 184 Å². The van der Waals surface area contributed by atoms with Gasteiger partial charge in [0.05, 0.1) is 0 Å². The number of ether oxygens (including phenoxy) is 1. The quantitative estimate of drug-likeness (QED) is 0.392. The van der Waals surface area contributed by atoms with Crippen LogP contribution in [0.2, 0.25) is 0 Å². The molecule has 1 aliphatic heterocycles. The second kappa shape index (κ2) is 9.17. The van der Waals surface area contributed by atoms with E-state index in [-0.39, 0.29) is 29.2 Å². The Hall–Kier alpha value is -2.12. The molecule has 2 aliphatic carbocycles. The highest BCUT2D eigenvalue weighted by Gasteiger charge is 2.56. The van der Waals surface area contributed by atoms with Gasteiger partial charge in [-0.1, -0.05) is 46.5 Å². The van der Waals surface area contributed by atoms with Gasteiger partial charge >= 0.3 is 12.0 Å². The Morgan fingerprint density at radius 1 is 1.16 bits per heavy atom. The first-order chi connectivity index (χ1) is 14.5. The second-order valence-electron chi connectivity index (χ2n) is 10.6. The third kappa shape index (κ3) is 5.57. The molecule has 2 saturated carbocycles. The van der Waals surface area contributed by atoms with E-state index in [1.807, 2.05) is 0 Å². The molecule has 0 aromatic rings. The third-order valence-electron chi connectivity index (χ3n) is 6.79. The minimum Gasteiger partial charge on any atom is -0.451 e. The number of hydrogen-bond donors (Lipinski definition) is 2. The lowest BCUT2D eigenvalue weighted by molar-refractivity contribution is -0.157. The summed E-state index contributed by atoms with van der Waals surface area (Å²) in [6.07, 6.45) is 7.52. The van der Waals surface area contributed by atoms with Crippen LogP contribution in [0.15, 0.2) is 0 Å². The number of nitrogens with one attached hydrogen (secondary N) is 2. The van der Waals surface area contributed by atoms with Crippen LogP contribution in [0.4, 0.5) is 4.79 Å². The molecule has 0 aromatic carbocycles. The number of urea groups is 1. The minimum atomic E-state index is -0.973. The lowest BCUT2D eigenvalue weighted by Crippen LogP contribution is -2.54. The molecule has 1 spiro atoms. The average Bonchev–Trinajstić information content (AvgIpc) is 2.84. The molecular weight excluding hydrogens is 398 g/mol. The lowest BCUT2D eigenvalue weighted by Gasteiger charge is -2.43. The molecule has 174 valence electrons. The highest BCUT2D eigenvalue weighted by Crippen LogP contribution is 2.46. The smallest absolute Gasteiger partial charge is 0.327 e. The van der Waals surface area contributed by atoms with Crippen LogP contribution in [-0.2, 0) is 19.1 Å². The maximum absolute atomic E-state index is 13.1. The SMILES string of the molecule is C[C@@H]1CC(C)(C)C[C@@]2(C1)NC(=O)N(CC(=O)O[C@H](C)C(=O)NC1CCCCCC1)C2=O. The summed E-state index contributed by atoms with van der Waals surface area (Å²) in [6.45, 7) is 7.29. The van der Waals surface area contributed by atoms with Crippen LogP contribution >= 0.6 is 0 Å². The number of carbonyl (C=O) groups is 4. The summed E-state index contributed by atoms with van der Waals surface area (Å²) in [4.78, 5) is 51.5. The van der Waals surface area contributed by atoms with Gasteiger partial charge < -0.3 is 15.4 Å². The van der Waals surface area contributed by atoms with Crippen LogP contribution in [0.5, 0.6) is 0 Å². The van der Waals surface area contributed by atoms with E-state index in [2.05, 4.69) is 31.4 Å². The molecular formula is C23H37N3O5. The van der Waals surface area contributed by atoms with Gasteiger partial charge in [-0.3, -0.25) is 19.3 Å². The van der Waals surface area contributed by atoms with E-state index in [4.69, 9.17) is 4.74 Å². The largest absolute Gasteiger partial charge is 0.451 e. The number of imide groups is 1. The summed E-state index contributed by atoms with van der Waals surface area (Å²) in [5.74, 6) is -1.18. The number of amides is 4. The zero-order chi connectivity index (χ0) is 22.8. The summed E-state index contributed by atoms with van der Waals surface area (Å²) in [5, 5.41) is 5.81. The Morgan fingerprint density at radius 2 is 1.81 bits per heavy atom. The molecule has 1 saturated heterocycles. The fourth-order valence-electron chi connectivity index (χ4n) is 5.81. The predicted molar refractivity (Wildman–Crippen MR) is 115 cm³/mol. The molecule has 3 atom stereocenters. The van der Waals surface area contributed by atoms with E-state index in [1.54, 1.807) is 0 Å². The van der Waals surface area contributed by atoms with E-state index in [1.165, 1.54) is 19.8 Å². The average molecular weight is 436 g/mol. The first kappa shape index (κ1) is 23.5. The van der Waals surface area contributed by atoms with Crippen molar-refractivity contribution >= 4 is 23.8 Å². The fraction of sp³-hybridized carbons (Fsp3) is 0.826. The van der Waals surface area contributed by atoms with Crippen LogP contribution in [-0.4, -0.2) is 52.9 Å². The first-order valence-corrected chi connectivity index (χ1v) is 11.7. The number of hydrogen-bond acceptors (Lipinski definition) is 5. The number of rotatable bonds is 5. The molecule has 0 radical (unpaired) electrons. The Balaban J connectivity index is 1.55. The Kier molecular flexibility index (Phi) is 6.96. The Bertz CT molecular complexity index is 729. The standard InChI is InChI=1S/C23H37N3O5/c1-15-11-22(3,4)14-23(12-15)20(29)26(21(30)25-23)13-18(27)31-16(2)19(28)24-17-9-7-5-6-8-10-17/h15-17H,5-14H2,1-4H3,(H,24,28)(H,25,30)/t15-,16-,23-/m1/s1. The van der Waals surface area contributed by atoms with E-state index in [0.29, 0.717) is 12.8 Å². The van der Waals surface area contributed by atoms with E-state index in [0.717, 1.165) is 37.0 Å². The van der Waals surface area contributed by atoms with Crippen LogP contribution in [0.3, 0.4) is 0 Å². The number of esters is 1. The lowest BCUT2D eigenvalue weighted by atomic mass is 9.64. The molecule has 31 heavy (non-hydrogen) atoms. The topological polar surface area (TPSA) is 105 Å². The first-order valence-electron chi connectivity index (χ1n) is 11.7. The van der Waals surface area contributed by atoms with Crippen LogP contribution < -0.4 is 10.6 Å². The predicted octanol–water partition coefficient (Wildman–Crippen LogP) is 2.89. The maximum Gasteiger partial charge on any atom is 0.327 e. The van der Waals surface area contributed by atoms with Crippen molar-refractivity contribution in [3.05, 3.63) is 0 Å². The molecule has 8 nitrogen and oxygen atoms in total. The van der Waals surface area contributed by atoms with Gasteiger partial charge in [0.25, 0.3) is 11.8 Å². The van der Waals surface area contributed by atoms with Gasteiger partial charge in [-0.15, -0.1) is 0 Å². The highest BCUT2D eigenvalue weighted by atomic mass is 16.5. The molecule has 1 heterocycles. The zero-order valence-corrected chi connectivity index (χ0v) is 19.3. The molecule has 3 rings (SSSR count). The van der Waals surface area contributed by atoms with Gasteiger partial charge in [0.15, 0.2) is 6.10 Å². The Morgan fingerprint density at radius 3 is 2.42 bits per heavy atom. The maximum atomic E-state index is 13.1. The van der Waals surface area contributed by atoms with E-state index >= 15 is 0 Å². The van der Waals surface area contributed by atoms with Crippen molar-refractivity contribution in [2.75, 3.05) is 6.54 Å². The van der Waals surface area contributed by atoms with Crippen LogP contribution in [0.1, 0.15) is 85.5 Å². The third-order valence-corrected chi connectivity index (χ3v) is 6.79. The van der Waals surface area contributed by atoms with Crippen LogP contribution in [0, 0.1) is 11.3 Å². The van der Waals surface area contributed by atoms with Crippen molar-refractivity contribution in [3.63, 3.8) is 0 Å². The van der Waals surface area contributed by atoms with Gasteiger partial charge in [-0.25, -0.2) is 4.79 Å². The van der Waals surface area contributed by atoms with Gasteiger partial charge in [-0.2, -0.15) is 0 Å². The number of nitrogens with zero attached hydrogens (tertiary/aromatic N) is 1. The van der Waals surface area contributed by atoms with Gasteiger partial charge in [0, 0.05) is 6.04 Å². The van der Waals surface area contributed by atoms with Crippen LogP contribution in [0.25, 0.3) is 0 Å². The van der Waals surface area contributed by atoms with Crippen molar-refractivity contribution in [2.24, 2.45) is 11.3 Å². The second-order valence-corrected chi connectivity index (χ2v) is 10.6. The molecule has 0 bridgehead atoms. The highest BCUT2D eigenvalue weighted by molar-refractivity contribution is 6.08. The molecule has 3 fully saturated rings. The van der Waals surface area contributed by atoms with Gasteiger partial charge in [0.2, 0.25) is 0 Å². The molecule has 3 aliphatic rings. The molecule has 4 amide bonds. The zero-order valence-electron chi connectivity index (χ0n) is 19.3. The van der Waals surface area contributed by atoms with Crippen molar-refractivity contribution in [1.29, 1.82) is 0 Å². The molecule has 0 aromatic heterocycles. The van der Waals surface area contributed by atoms with Crippen molar-refractivity contribution in [2.45, 2.75) is 103 Å². The minimum absolute atomic E-state index is 0.0816. The molecule has 2 N–H and O–H groups in total. The van der Waals surface area contributed by atoms with E-state index in [9.17, 15) is 19.2 Å². The van der Waals surface area contributed by atoms with Crippen molar-refractivity contribution in [1.82, 2.24) is 15.5 Å². The monoisotopic (exact) mass is 435 g/mol. The normalized spacial score (nSPS) is 29.9. The van der Waals surface area contributed by atoms with Crippen molar-refractivity contribution in [3.8, 4) is 0 Å². The summed E-state index contributed by atoms with van der Waals surface area (Å²) in [5.41, 5.74) is -1.04. The molecule has 8 heteroatoms. The summed E-state index contributed by atoms with van der Waals surface area (Å²) >= 11 is 0. The van der Waals surface area contributed by atoms with Gasteiger partial charge in [0.1, 0.15) is 12.1 Å². The number of carbonyl (C=O) groups excluding carboxylic acids is 4. The van der Waals surface area contributed by atoms with E-state index < -0.39 is 30.2 Å². The van der Waals surface area contributed by atoms with Gasteiger partial charge in [-0.05, 0) is 50.4 Å².